The van der Waals surface area contributed by atoms with Gasteiger partial charge in [0.15, 0.2) is 0 Å². The molecule has 1 heterocycles. The van der Waals surface area contributed by atoms with Crippen LogP contribution in [0.4, 0.5) is 0 Å². The molecule has 0 N–H and O–H groups in total. The molecule has 3 heteroatoms. The molecule has 0 saturated carbocycles. The third-order valence-corrected chi connectivity index (χ3v) is 5.13. The second-order valence-electron chi connectivity index (χ2n) is 6.06. The first-order chi connectivity index (χ1) is 13.3. The number of hydrogen-bond acceptors (Lipinski definition) is 3. The summed E-state index contributed by atoms with van der Waals surface area (Å²) < 4.78 is 0. The van der Waals surface area contributed by atoms with Gasteiger partial charge in [-0.05, 0) is 22.8 Å². The number of allylic oxidation sites excluding steroid dienone is 1. The second-order valence-corrected chi connectivity index (χ2v) is 6.92. The Balaban J connectivity index is 1.61. The lowest BCUT2D eigenvalue weighted by Crippen LogP contribution is -1.83. The zero-order valence-electron chi connectivity index (χ0n) is 14.5. The lowest BCUT2D eigenvalue weighted by molar-refractivity contribution is 1.37. The fourth-order valence-corrected chi connectivity index (χ4v) is 3.65. The van der Waals surface area contributed by atoms with E-state index < -0.39 is 0 Å². The first-order valence-corrected chi connectivity index (χ1v) is 9.50. The Kier molecular flexibility index (Phi) is 4.91. The molecule has 0 aliphatic heterocycles. The van der Waals surface area contributed by atoms with Crippen LogP contribution < -0.4 is 0 Å². The van der Waals surface area contributed by atoms with Crippen molar-refractivity contribution >= 4 is 23.0 Å². The van der Waals surface area contributed by atoms with E-state index in [0.29, 0.717) is 5.57 Å². The third-order valence-electron chi connectivity index (χ3n) is 4.25. The Morgan fingerprint density at radius 3 is 2.04 bits per heavy atom. The molecule has 4 rings (SSSR count). The van der Waals surface area contributed by atoms with E-state index in [1.54, 1.807) is 0 Å². The minimum absolute atomic E-state index is 0.582. The summed E-state index contributed by atoms with van der Waals surface area (Å²) in [6, 6.07) is 30.8. The molecule has 0 spiro atoms. The van der Waals surface area contributed by atoms with E-state index in [-0.39, 0.29) is 0 Å². The summed E-state index contributed by atoms with van der Waals surface area (Å²) in [5.41, 5.74) is 5.89. The molecule has 1 aromatic heterocycles. The van der Waals surface area contributed by atoms with Gasteiger partial charge in [0, 0.05) is 10.9 Å². The molecular weight excluding hydrogens is 348 g/mol. The fraction of sp³-hybridized carbons (Fsp3) is 0. The Morgan fingerprint density at radius 2 is 1.37 bits per heavy atom. The van der Waals surface area contributed by atoms with Gasteiger partial charge in [0.1, 0.15) is 11.1 Å². The van der Waals surface area contributed by atoms with E-state index in [4.69, 9.17) is 0 Å². The van der Waals surface area contributed by atoms with E-state index in [2.05, 4.69) is 47.5 Å². The Morgan fingerprint density at radius 1 is 0.778 bits per heavy atom. The highest BCUT2D eigenvalue weighted by atomic mass is 32.1. The first-order valence-electron chi connectivity index (χ1n) is 8.62. The van der Waals surface area contributed by atoms with Crippen molar-refractivity contribution in [2.75, 3.05) is 0 Å². The average Bonchev–Trinajstić information content (AvgIpc) is 3.23. The molecule has 0 aliphatic rings. The molecule has 2 nitrogen and oxygen atoms in total. The van der Waals surface area contributed by atoms with Crippen LogP contribution in [-0.2, 0) is 0 Å². The molecule has 128 valence electrons. The summed E-state index contributed by atoms with van der Waals surface area (Å²) in [6.07, 6.45) is 1.88. The quantitative estimate of drug-likeness (QED) is 0.385. The summed E-state index contributed by atoms with van der Waals surface area (Å²) in [5, 5.41) is 12.3. The van der Waals surface area contributed by atoms with Gasteiger partial charge in [-0.1, -0.05) is 84.9 Å². The van der Waals surface area contributed by atoms with Crippen molar-refractivity contribution in [1.29, 1.82) is 5.26 Å². The number of thiazole rings is 1. The molecule has 27 heavy (non-hydrogen) atoms. The van der Waals surface area contributed by atoms with E-state index in [1.807, 2.05) is 60.0 Å². The molecule has 0 saturated heterocycles. The van der Waals surface area contributed by atoms with Gasteiger partial charge in [-0.2, -0.15) is 5.26 Å². The van der Waals surface area contributed by atoms with Crippen molar-refractivity contribution in [3.05, 3.63) is 101 Å². The van der Waals surface area contributed by atoms with Crippen molar-refractivity contribution < 1.29 is 0 Å². The van der Waals surface area contributed by atoms with Crippen LogP contribution in [0.15, 0.2) is 90.3 Å². The van der Waals surface area contributed by atoms with Gasteiger partial charge in [0.2, 0.25) is 0 Å². The van der Waals surface area contributed by atoms with E-state index >= 15 is 0 Å². The van der Waals surface area contributed by atoms with Crippen molar-refractivity contribution in [2.45, 2.75) is 0 Å². The highest BCUT2D eigenvalue weighted by Gasteiger charge is 2.09. The van der Waals surface area contributed by atoms with Crippen molar-refractivity contribution in [1.82, 2.24) is 4.98 Å². The normalized spacial score (nSPS) is 11.1. The second kappa shape index (κ2) is 7.82. The Bertz CT molecular complexity index is 1100. The van der Waals surface area contributed by atoms with Gasteiger partial charge in [-0.3, -0.25) is 0 Å². The molecule has 0 atom stereocenters. The van der Waals surface area contributed by atoms with Gasteiger partial charge < -0.3 is 0 Å². The molecule has 0 unspecified atom stereocenters. The van der Waals surface area contributed by atoms with Crippen LogP contribution in [0.5, 0.6) is 0 Å². The number of hydrogen-bond donors (Lipinski definition) is 0. The number of aromatic nitrogens is 1. The molecule has 4 aromatic rings. The summed E-state index contributed by atoms with van der Waals surface area (Å²) in [7, 11) is 0. The minimum Gasteiger partial charge on any atom is -0.235 e. The van der Waals surface area contributed by atoms with Crippen LogP contribution >= 0.6 is 11.3 Å². The molecule has 0 bridgehead atoms. The molecule has 0 amide bonds. The van der Waals surface area contributed by atoms with Gasteiger partial charge in [-0.25, -0.2) is 4.98 Å². The van der Waals surface area contributed by atoms with Crippen molar-refractivity contribution in [3.63, 3.8) is 0 Å². The largest absolute Gasteiger partial charge is 0.235 e. The maximum absolute atomic E-state index is 9.53. The molecular formula is C24H16N2S. The van der Waals surface area contributed by atoms with Gasteiger partial charge >= 0.3 is 0 Å². The lowest BCUT2D eigenvalue weighted by atomic mass is 10.0. The number of benzene rings is 3. The minimum atomic E-state index is 0.582. The van der Waals surface area contributed by atoms with Crippen LogP contribution in [0.25, 0.3) is 34.0 Å². The fourth-order valence-electron chi connectivity index (χ4n) is 2.85. The van der Waals surface area contributed by atoms with Crippen LogP contribution in [0.2, 0.25) is 0 Å². The predicted molar refractivity (Wildman–Crippen MR) is 113 cm³/mol. The zero-order chi connectivity index (χ0) is 18.5. The summed E-state index contributed by atoms with van der Waals surface area (Å²) >= 11 is 1.49. The highest BCUT2D eigenvalue weighted by molar-refractivity contribution is 7.11. The molecule has 0 fully saturated rings. The molecule has 3 aromatic carbocycles. The number of rotatable bonds is 4. The number of nitriles is 1. The lowest BCUT2D eigenvalue weighted by Gasteiger charge is -2.02. The Hall–Kier alpha value is -3.48. The van der Waals surface area contributed by atoms with Gasteiger partial charge in [0.25, 0.3) is 0 Å². The molecule has 0 aliphatic carbocycles. The topological polar surface area (TPSA) is 36.7 Å². The van der Waals surface area contributed by atoms with Crippen LogP contribution in [-0.4, -0.2) is 4.98 Å². The van der Waals surface area contributed by atoms with Crippen LogP contribution in [0.3, 0.4) is 0 Å². The van der Waals surface area contributed by atoms with Crippen LogP contribution in [0, 0.1) is 11.3 Å². The standard InChI is InChI=1S/C24H16N2S/c25-16-22(15-18-7-3-1-4-8-18)24-26-23(17-27-24)21-13-11-20(12-14-21)19-9-5-2-6-10-19/h1-15,17H/b22-15-. The predicted octanol–water partition coefficient (Wildman–Crippen LogP) is 6.54. The first kappa shape index (κ1) is 17.0. The van der Waals surface area contributed by atoms with E-state index in [0.717, 1.165) is 21.8 Å². The van der Waals surface area contributed by atoms with Gasteiger partial charge in [0.05, 0.1) is 11.3 Å². The molecule has 0 radical (unpaired) electrons. The average molecular weight is 364 g/mol. The third kappa shape index (κ3) is 3.87. The van der Waals surface area contributed by atoms with Gasteiger partial charge in [-0.15, -0.1) is 11.3 Å². The van der Waals surface area contributed by atoms with E-state index in [9.17, 15) is 5.26 Å². The SMILES string of the molecule is N#C/C(=C/c1ccccc1)c1nc(-c2ccc(-c3ccccc3)cc2)cs1. The highest BCUT2D eigenvalue weighted by Crippen LogP contribution is 2.29. The maximum atomic E-state index is 9.53. The number of nitrogens with zero attached hydrogens (tertiary/aromatic N) is 2. The maximum Gasteiger partial charge on any atom is 0.134 e. The van der Waals surface area contributed by atoms with E-state index in [1.165, 1.54) is 22.5 Å². The van der Waals surface area contributed by atoms with Crippen molar-refractivity contribution in [3.8, 4) is 28.5 Å². The Labute approximate surface area is 162 Å². The summed E-state index contributed by atoms with van der Waals surface area (Å²) in [4.78, 5) is 4.68. The zero-order valence-corrected chi connectivity index (χ0v) is 15.4. The smallest absolute Gasteiger partial charge is 0.134 e. The van der Waals surface area contributed by atoms with Crippen LogP contribution in [0.1, 0.15) is 10.6 Å². The monoisotopic (exact) mass is 364 g/mol. The summed E-state index contributed by atoms with van der Waals surface area (Å²) in [6.45, 7) is 0. The van der Waals surface area contributed by atoms with Crippen molar-refractivity contribution in [2.24, 2.45) is 0 Å². The summed E-state index contributed by atoms with van der Waals surface area (Å²) in [5.74, 6) is 0.